The fraction of sp³-hybridized carbons (Fsp3) is 0.727. The normalized spacial score (nSPS) is 27.9. The molecule has 3 nitrogen and oxygen atoms in total. The van der Waals surface area contributed by atoms with E-state index in [1.807, 2.05) is 17.9 Å². The molecule has 2 rings (SSSR count). The van der Waals surface area contributed by atoms with Crippen molar-refractivity contribution in [2.45, 2.75) is 31.6 Å². The van der Waals surface area contributed by atoms with Gasteiger partial charge in [0.25, 0.3) is 0 Å². The van der Waals surface area contributed by atoms with Crippen molar-refractivity contribution in [2.75, 3.05) is 6.54 Å². The predicted octanol–water partition coefficient (Wildman–Crippen LogP) is 1.65. The topological polar surface area (TPSA) is 43.8 Å². The molecule has 0 saturated heterocycles. The van der Waals surface area contributed by atoms with Crippen LogP contribution in [0.3, 0.4) is 0 Å². The van der Waals surface area contributed by atoms with Gasteiger partial charge in [0.1, 0.15) is 0 Å². The number of aryl methyl sites for hydroxylation is 1. The number of aromatic nitrogens is 2. The van der Waals surface area contributed by atoms with E-state index in [-0.39, 0.29) is 0 Å². The highest BCUT2D eigenvalue weighted by molar-refractivity contribution is 5.10. The van der Waals surface area contributed by atoms with Crippen LogP contribution < -0.4 is 5.73 Å². The zero-order valence-corrected chi connectivity index (χ0v) is 8.82. The van der Waals surface area contributed by atoms with E-state index < -0.39 is 0 Å². The van der Waals surface area contributed by atoms with Crippen molar-refractivity contribution in [1.29, 1.82) is 0 Å². The second-order valence-electron chi connectivity index (χ2n) is 4.27. The Balaban J connectivity index is 2.19. The van der Waals surface area contributed by atoms with Crippen molar-refractivity contribution in [1.82, 2.24) is 9.78 Å². The van der Waals surface area contributed by atoms with Crippen molar-refractivity contribution in [3.63, 3.8) is 0 Å². The van der Waals surface area contributed by atoms with Gasteiger partial charge in [-0.25, -0.2) is 0 Å². The van der Waals surface area contributed by atoms with Gasteiger partial charge in [0.05, 0.1) is 0 Å². The maximum absolute atomic E-state index is 5.82. The van der Waals surface area contributed by atoms with E-state index in [2.05, 4.69) is 11.2 Å². The van der Waals surface area contributed by atoms with E-state index in [9.17, 15) is 0 Å². The number of nitrogens with zero attached hydrogens (tertiary/aromatic N) is 2. The molecule has 1 heterocycles. The molecule has 1 saturated carbocycles. The lowest BCUT2D eigenvalue weighted by Crippen LogP contribution is -2.26. The molecule has 1 aromatic heterocycles. The number of nitrogens with two attached hydrogens (primary N) is 1. The van der Waals surface area contributed by atoms with E-state index >= 15 is 0 Å². The van der Waals surface area contributed by atoms with Gasteiger partial charge >= 0.3 is 0 Å². The molecule has 0 spiro atoms. The molecular weight excluding hydrogens is 174 g/mol. The lowest BCUT2D eigenvalue weighted by Gasteiger charge is -2.30. The third-order valence-electron chi connectivity index (χ3n) is 3.45. The van der Waals surface area contributed by atoms with Crippen molar-refractivity contribution < 1.29 is 0 Å². The summed E-state index contributed by atoms with van der Waals surface area (Å²) in [5, 5.41) is 4.24. The molecular formula is C11H19N3. The molecule has 2 unspecified atom stereocenters. The van der Waals surface area contributed by atoms with Crippen molar-refractivity contribution in [3.8, 4) is 0 Å². The first kappa shape index (κ1) is 9.71. The second kappa shape index (κ2) is 4.13. The molecule has 78 valence electrons. The molecule has 2 N–H and O–H groups in total. The zero-order chi connectivity index (χ0) is 9.97. The molecule has 0 aromatic carbocycles. The zero-order valence-electron chi connectivity index (χ0n) is 8.82. The maximum atomic E-state index is 5.82. The molecule has 3 heteroatoms. The Morgan fingerprint density at radius 2 is 2.29 bits per heavy atom. The molecule has 0 amide bonds. The van der Waals surface area contributed by atoms with E-state index in [1.165, 1.54) is 31.4 Å². The highest BCUT2D eigenvalue weighted by Gasteiger charge is 2.26. The third-order valence-corrected chi connectivity index (χ3v) is 3.45. The summed E-state index contributed by atoms with van der Waals surface area (Å²) in [6.07, 6.45) is 7.13. The fourth-order valence-electron chi connectivity index (χ4n) is 2.63. The van der Waals surface area contributed by atoms with Crippen LogP contribution in [0.1, 0.15) is 37.3 Å². The van der Waals surface area contributed by atoms with Gasteiger partial charge in [-0.2, -0.15) is 5.10 Å². The van der Waals surface area contributed by atoms with E-state index in [4.69, 9.17) is 5.73 Å². The predicted molar refractivity (Wildman–Crippen MR) is 57.0 cm³/mol. The van der Waals surface area contributed by atoms with Gasteiger partial charge in [0.2, 0.25) is 0 Å². The molecule has 0 aliphatic heterocycles. The van der Waals surface area contributed by atoms with Crippen LogP contribution in [0.5, 0.6) is 0 Å². The van der Waals surface area contributed by atoms with Crippen LogP contribution in [0.2, 0.25) is 0 Å². The van der Waals surface area contributed by atoms with Gasteiger partial charge in [-0.05, 0) is 31.4 Å². The summed E-state index contributed by atoms with van der Waals surface area (Å²) < 4.78 is 2.00. The first-order valence-electron chi connectivity index (χ1n) is 5.51. The molecule has 1 fully saturated rings. The van der Waals surface area contributed by atoms with Crippen LogP contribution in [-0.2, 0) is 7.05 Å². The Bertz CT molecular complexity index is 292. The first-order chi connectivity index (χ1) is 6.83. The largest absolute Gasteiger partial charge is 0.330 e. The first-order valence-corrected chi connectivity index (χ1v) is 5.51. The Hall–Kier alpha value is -0.830. The van der Waals surface area contributed by atoms with E-state index in [0.29, 0.717) is 11.8 Å². The smallest absolute Gasteiger partial charge is 0.0492 e. The van der Waals surface area contributed by atoms with Crippen LogP contribution in [0.15, 0.2) is 12.3 Å². The molecule has 1 aliphatic rings. The lowest BCUT2D eigenvalue weighted by molar-refractivity contribution is 0.303. The minimum atomic E-state index is 0.640. The number of rotatable bonds is 2. The average Bonchev–Trinajstić information content (AvgIpc) is 2.64. The highest BCUT2D eigenvalue weighted by Crippen LogP contribution is 2.36. The van der Waals surface area contributed by atoms with Crippen molar-refractivity contribution >= 4 is 0 Å². The summed E-state index contributed by atoms with van der Waals surface area (Å²) >= 11 is 0. The van der Waals surface area contributed by atoms with Crippen molar-refractivity contribution in [3.05, 3.63) is 18.0 Å². The molecule has 2 atom stereocenters. The highest BCUT2D eigenvalue weighted by atomic mass is 15.3. The fourth-order valence-corrected chi connectivity index (χ4v) is 2.63. The Morgan fingerprint density at radius 1 is 1.50 bits per heavy atom. The molecule has 0 radical (unpaired) electrons. The summed E-state index contributed by atoms with van der Waals surface area (Å²) in [4.78, 5) is 0. The van der Waals surface area contributed by atoms with Gasteiger partial charge in [-0.3, -0.25) is 4.68 Å². The molecule has 1 aromatic rings. The van der Waals surface area contributed by atoms with Crippen LogP contribution in [0.4, 0.5) is 0 Å². The Labute approximate surface area is 85.3 Å². The van der Waals surface area contributed by atoms with Crippen LogP contribution in [0.25, 0.3) is 0 Å². The molecule has 0 bridgehead atoms. The number of hydrogen-bond donors (Lipinski definition) is 1. The Kier molecular flexibility index (Phi) is 2.87. The second-order valence-corrected chi connectivity index (χ2v) is 4.27. The van der Waals surface area contributed by atoms with Crippen LogP contribution in [-0.4, -0.2) is 16.3 Å². The van der Waals surface area contributed by atoms with Gasteiger partial charge < -0.3 is 5.73 Å². The minimum absolute atomic E-state index is 0.640. The summed E-state index contributed by atoms with van der Waals surface area (Å²) in [6, 6.07) is 2.14. The van der Waals surface area contributed by atoms with Crippen LogP contribution >= 0.6 is 0 Å². The third kappa shape index (κ3) is 1.69. The summed E-state index contributed by atoms with van der Waals surface area (Å²) in [5.41, 5.74) is 7.18. The van der Waals surface area contributed by atoms with Gasteiger partial charge in [0, 0.05) is 24.9 Å². The summed E-state index contributed by atoms with van der Waals surface area (Å²) in [7, 11) is 2.03. The maximum Gasteiger partial charge on any atom is 0.0492 e. The molecule has 14 heavy (non-hydrogen) atoms. The average molecular weight is 193 g/mol. The Morgan fingerprint density at radius 3 is 2.93 bits per heavy atom. The summed E-state index contributed by atoms with van der Waals surface area (Å²) in [6.45, 7) is 0.815. The summed E-state index contributed by atoms with van der Waals surface area (Å²) in [5.74, 6) is 1.31. The standard InChI is InChI=1S/C11H19N3/c1-14-11(6-7-13-14)10-5-3-2-4-9(10)8-12/h6-7,9-10H,2-5,8,12H2,1H3. The minimum Gasteiger partial charge on any atom is -0.330 e. The van der Waals surface area contributed by atoms with Gasteiger partial charge in [-0.15, -0.1) is 0 Å². The molecule has 1 aliphatic carbocycles. The van der Waals surface area contributed by atoms with Crippen LogP contribution in [0, 0.1) is 5.92 Å². The van der Waals surface area contributed by atoms with Gasteiger partial charge in [-0.1, -0.05) is 12.8 Å². The van der Waals surface area contributed by atoms with E-state index in [0.717, 1.165) is 6.54 Å². The van der Waals surface area contributed by atoms with Gasteiger partial charge in [0.15, 0.2) is 0 Å². The number of hydrogen-bond acceptors (Lipinski definition) is 2. The quantitative estimate of drug-likeness (QED) is 0.776. The monoisotopic (exact) mass is 193 g/mol. The lowest BCUT2D eigenvalue weighted by atomic mass is 9.77. The van der Waals surface area contributed by atoms with Crippen molar-refractivity contribution in [2.24, 2.45) is 18.7 Å². The SMILES string of the molecule is Cn1nccc1C1CCCCC1CN. The van der Waals surface area contributed by atoms with E-state index in [1.54, 1.807) is 0 Å².